The van der Waals surface area contributed by atoms with Crippen LogP contribution in [0.4, 0.5) is 26.3 Å². The van der Waals surface area contributed by atoms with Crippen LogP contribution in [0.1, 0.15) is 29.5 Å². The maximum Gasteiger partial charge on any atom is 0.416 e. The first-order valence-corrected chi connectivity index (χ1v) is 12.8. The molecular formula is C27H36F6N5O2+. The number of hydrogen-bond acceptors (Lipinski definition) is 5. The van der Waals surface area contributed by atoms with Gasteiger partial charge in [-0.25, -0.2) is 13.2 Å². The van der Waals surface area contributed by atoms with Crippen LogP contribution in [0.25, 0.3) is 0 Å². The number of halogens is 6. The minimum Gasteiger partial charge on any atom is -0.345 e. The van der Waals surface area contributed by atoms with E-state index in [-0.39, 0.29) is 18.4 Å². The maximum atomic E-state index is 14.2. The first-order chi connectivity index (χ1) is 18.7. The van der Waals surface area contributed by atoms with Gasteiger partial charge in [-0.2, -0.15) is 13.2 Å². The lowest BCUT2D eigenvalue weighted by Gasteiger charge is -2.34. The molecule has 2 aromatic rings. The first kappa shape index (κ1) is 33.2. The number of likely N-dealkylation sites (N-methyl/N-ethyl adjacent to an activating group) is 1. The predicted molar refractivity (Wildman–Crippen MR) is 138 cm³/mol. The third-order valence-electron chi connectivity index (χ3n) is 6.79. The Bertz CT molecular complexity index is 1140. The molecule has 0 saturated heterocycles. The largest absolute Gasteiger partial charge is 0.416 e. The van der Waals surface area contributed by atoms with Crippen molar-refractivity contribution >= 4 is 11.7 Å². The van der Waals surface area contributed by atoms with E-state index >= 15 is 0 Å². The number of nitrogens with one attached hydrogen (secondary N) is 1. The molecule has 13 heteroatoms. The zero-order chi connectivity index (χ0) is 30.1. The number of rotatable bonds is 15. The van der Waals surface area contributed by atoms with E-state index in [2.05, 4.69) is 5.32 Å². The van der Waals surface area contributed by atoms with Gasteiger partial charge in [0.1, 0.15) is 0 Å². The van der Waals surface area contributed by atoms with Crippen molar-refractivity contribution in [3.63, 3.8) is 0 Å². The number of alkyl halides is 3. The third kappa shape index (κ3) is 9.58. The van der Waals surface area contributed by atoms with Gasteiger partial charge in [0.2, 0.25) is 5.91 Å². The molecule has 0 unspecified atom stereocenters. The summed E-state index contributed by atoms with van der Waals surface area (Å²) in [6.07, 6.45) is -4.70. The Morgan fingerprint density at radius 1 is 0.925 bits per heavy atom. The molecule has 222 valence electrons. The van der Waals surface area contributed by atoms with Crippen molar-refractivity contribution in [3.05, 3.63) is 70.5 Å². The standard InChI is InChI=1S/C27H35F6N5O2/c1-38(13-10-34,14-11-35)12-2-3-21(36)26(40)37-22(15-17-4-7-19(8-5-17)27(31,32)33)23(39)16-18-6-9-20(28)25(30)24(18)29/h4-9,21-22H,2-3,10-16,34-36H2,1H3/p+1/t21-,22-/m0/s1. The van der Waals surface area contributed by atoms with Gasteiger partial charge in [-0.1, -0.05) is 18.2 Å². The number of carbonyl (C=O) groups excluding carboxylic acids is 2. The van der Waals surface area contributed by atoms with E-state index < -0.39 is 64.9 Å². The monoisotopic (exact) mass is 576 g/mol. The van der Waals surface area contributed by atoms with Crippen LogP contribution < -0.4 is 22.5 Å². The Kier molecular flexibility index (Phi) is 12.1. The summed E-state index contributed by atoms with van der Waals surface area (Å²) in [5.74, 6) is -6.17. The van der Waals surface area contributed by atoms with Gasteiger partial charge >= 0.3 is 6.18 Å². The molecule has 0 aromatic heterocycles. The molecule has 0 radical (unpaired) electrons. The molecule has 0 aliphatic carbocycles. The van der Waals surface area contributed by atoms with Crippen LogP contribution in [0.15, 0.2) is 36.4 Å². The zero-order valence-electron chi connectivity index (χ0n) is 22.2. The number of benzene rings is 2. The van der Waals surface area contributed by atoms with Crippen molar-refractivity contribution in [2.24, 2.45) is 17.2 Å². The number of amides is 1. The Morgan fingerprint density at radius 3 is 2.08 bits per heavy atom. The van der Waals surface area contributed by atoms with E-state index in [1.54, 1.807) is 0 Å². The molecule has 0 saturated carbocycles. The molecule has 7 N–H and O–H groups in total. The SMILES string of the molecule is C[N+](CCN)(CCN)CCC[C@H](N)C(=O)N[C@@H](Cc1ccc(C(F)(F)F)cc1)C(=O)Cc1ccc(F)c(F)c1F. The molecule has 40 heavy (non-hydrogen) atoms. The number of nitrogens with two attached hydrogens (primary N) is 3. The molecule has 0 spiro atoms. The van der Waals surface area contributed by atoms with E-state index in [1.807, 2.05) is 7.05 Å². The fraction of sp³-hybridized carbons (Fsp3) is 0.481. The first-order valence-electron chi connectivity index (χ1n) is 12.8. The highest BCUT2D eigenvalue weighted by Crippen LogP contribution is 2.29. The van der Waals surface area contributed by atoms with Gasteiger partial charge in [-0.05, 0) is 48.6 Å². The summed E-state index contributed by atoms with van der Waals surface area (Å²) >= 11 is 0. The molecule has 2 aromatic carbocycles. The third-order valence-corrected chi connectivity index (χ3v) is 6.79. The summed E-state index contributed by atoms with van der Waals surface area (Å²) < 4.78 is 80.6. The average molecular weight is 577 g/mol. The van der Waals surface area contributed by atoms with E-state index in [0.29, 0.717) is 49.7 Å². The summed E-state index contributed by atoms with van der Waals surface area (Å²) in [4.78, 5) is 26.0. The molecule has 0 aliphatic rings. The molecular weight excluding hydrogens is 540 g/mol. The molecule has 0 bridgehead atoms. The number of hydrogen-bond donors (Lipinski definition) is 4. The van der Waals surface area contributed by atoms with Crippen LogP contribution in [-0.4, -0.2) is 68.0 Å². The minimum atomic E-state index is -4.57. The van der Waals surface area contributed by atoms with Gasteiger partial charge in [0, 0.05) is 19.5 Å². The molecule has 2 atom stereocenters. The van der Waals surface area contributed by atoms with Gasteiger partial charge in [0.15, 0.2) is 23.2 Å². The highest BCUT2D eigenvalue weighted by Gasteiger charge is 2.31. The molecule has 1 amide bonds. The Balaban J connectivity index is 2.17. The summed E-state index contributed by atoms with van der Waals surface area (Å²) in [7, 11) is 1.99. The van der Waals surface area contributed by atoms with Gasteiger partial charge in [-0.15, -0.1) is 0 Å². The number of quaternary nitrogens is 1. The van der Waals surface area contributed by atoms with Crippen molar-refractivity contribution in [3.8, 4) is 0 Å². The van der Waals surface area contributed by atoms with E-state index in [0.717, 1.165) is 30.3 Å². The van der Waals surface area contributed by atoms with Crippen LogP contribution in [0.2, 0.25) is 0 Å². The smallest absolute Gasteiger partial charge is 0.345 e. The predicted octanol–water partition coefficient (Wildman–Crippen LogP) is 2.43. The van der Waals surface area contributed by atoms with Crippen molar-refractivity contribution in [2.75, 3.05) is 39.8 Å². The summed E-state index contributed by atoms with van der Waals surface area (Å²) in [6, 6.07) is 3.20. The molecule has 0 heterocycles. The second kappa shape index (κ2) is 14.6. The van der Waals surface area contributed by atoms with Gasteiger partial charge < -0.3 is 27.0 Å². The van der Waals surface area contributed by atoms with E-state index in [9.17, 15) is 35.9 Å². The fourth-order valence-electron chi connectivity index (χ4n) is 4.39. The molecule has 2 rings (SSSR count). The van der Waals surface area contributed by atoms with Crippen LogP contribution >= 0.6 is 0 Å². The lowest BCUT2D eigenvalue weighted by molar-refractivity contribution is -0.907. The Morgan fingerprint density at radius 2 is 1.52 bits per heavy atom. The van der Waals surface area contributed by atoms with Crippen molar-refractivity contribution in [1.29, 1.82) is 0 Å². The molecule has 7 nitrogen and oxygen atoms in total. The van der Waals surface area contributed by atoms with E-state index in [1.165, 1.54) is 0 Å². The zero-order valence-corrected chi connectivity index (χ0v) is 22.2. The number of ketones is 1. The van der Waals surface area contributed by atoms with Crippen molar-refractivity contribution < 1.29 is 40.4 Å². The van der Waals surface area contributed by atoms with Gasteiger partial charge in [0.25, 0.3) is 0 Å². The second-order valence-electron chi connectivity index (χ2n) is 10.1. The maximum absolute atomic E-state index is 14.2. The van der Waals surface area contributed by atoms with Crippen molar-refractivity contribution in [2.45, 2.75) is 43.9 Å². The highest BCUT2D eigenvalue weighted by molar-refractivity contribution is 5.92. The number of Topliss-reactive ketones (excluding diaryl/α,β-unsaturated/α-hetero) is 1. The van der Waals surface area contributed by atoms with Gasteiger partial charge in [-0.3, -0.25) is 9.59 Å². The summed E-state index contributed by atoms with van der Waals surface area (Å²) in [5.41, 5.74) is 16.4. The minimum absolute atomic E-state index is 0.233. The highest BCUT2D eigenvalue weighted by atomic mass is 19.4. The Hall–Kier alpha value is -3.00. The number of nitrogens with zero attached hydrogens (tertiary/aromatic N) is 1. The fourth-order valence-corrected chi connectivity index (χ4v) is 4.39. The van der Waals surface area contributed by atoms with Crippen LogP contribution in [-0.2, 0) is 28.6 Å². The van der Waals surface area contributed by atoms with Crippen molar-refractivity contribution in [1.82, 2.24) is 5.32 Å². The van der Waals surface area contributed by atoms with Crippen LogP contribution in [0.5, 0.6) is 0 Å². The summed E-state index contributed by atoms with van der Waals surface area (Å²) in [6.45, 7) is 2.93. The Labute approximate surface area is 229 Å². The van der Waals surface area contributed by atoms with Gasteiger partial charge in [0.05, 0.1) is 44.3 Å². The lowest BCUT2D eigenvalue weighted by Crippen LogP contribution is -2.52. The molecule has 0 fully saturated rings. The lowest BCUT2D eigenvalue weighted by atomic mass is 9.96. The quantitative estimate of drug-likeness (QED) is 0.147. The average Bonchev–Trinajstić information content (AvgIpc) is 2.88. The normalized spacial score (nSPS) is 13.7. The second-order valence-corrected chi connectivity index (χ2v) is 10.1. The van der Waals surface area contributed by atoms with E-state index in [4.69, 9.17) is 17.2 Å². The summed E-state index contributed by atoms with van der Waals surface area (Å²) in [5, 5.41) is 2.50. The van der Waals surface area contributed by atoms with Crippen LogP contribution in [0, 0.1) is 17.5 Å². The topological polar surface area (TPSA) is 124 Å². The number of carbonyl (C=O) groups is 2. The van der Waals surface area contributed by atoms with Crippen LogP contribution in [0.3, 0.4) is 0 Å². The molecule has 0 aliphatic heterocycles.